The average molecular weight is 333 g/mol. The van der Waals surface area contributed by atoms with Crippen LogP contribution in [0.5, 0.6) is 0 Å². The van der Waals surface area contributed by atoms with Gasteiger partial charge in [-0.05, 0) is 24.3 Å². The Morgan fingerprint density at radius 3 is 2.25 bits per heavy atom. The van der Waals surface area contributed by atoms with Crippen LogP contribution in [0.4, 0.5) is 8.78 Å². The molecule has 2 aromatic carbocycles. The molecule has 0 aliphatic carbocycles. The monoisotopic (exact) mass is 333 g/mol. The van der Waals surface area contributed by atoms with Crippen molar-refractivity contribution in [1.82, 2.24) is 10.5 Å². The van der Waals surface area contributed by atoms with Crippen molar-refractivity contribution in [3.63, 3.8) is 0 Å². The summed E-state index contributed by atoms with van der Waals surface area (Å²) in [6, 6.07) is 9.75. The molecule has 0 radical (unpaired) electrons. The molecule has 8 heteroatoms. The first-order valence-electron chi connectivity index (χ1n) is 6.74. The van der Waals surface area contributed by atoms with Crippen molar-refractivity contribution in [3.8, 4) is 0 Å². The number of halogens is 2. The highest BCUT2D eigenvalue weighted by molar-refractivity contribution is 5.96. The second-order valence-corrected chi connectivity index (χ2v) is 4.73. The molecule has 2 amide bonds. The highest BCUT2D eigenvalue weighted by atomic mass is 19.1. The maximum Gasteiger partial charge on any atom is 0.274 e. The zero-order chi connectivity index (χ0) is 17.7. The lowest BCUT2D eigenvalue weighted by Crippen LogP contribution is -2.21. The predicted octanol–water partition coefficient (Wildman–Crippen LogP) is 2.19. The lowest BCUT2D eigenvalue weighted by molar-refractivity contribution is 0.0705. The third-order valence-corrected chi connectivity index (χ3v) is 3.12. The van der Waals surface area contributed by atoms with Crippen molar-refractivity contribution in [2.24, 2.45) is 5.10 Å². The molecule has 6 nitrogen and oxygen atoms in total. The van der Waals surface area contributed by atoms with Crippen LogP contribution in [-0.2, 0) is 0 Å². The maximum absolute atomic E-state index is 13.9. The summed E-state index contributed by atoms with van der Waals surface area (Å²) >= 11 is 0. The fraction of sp³-hybridized carbons (Fsp3) is 0.0625. The molecule has 0 saturated carbocycles. The summed E-state index contributed by atoms with van der Waals surface area (Å²) in [6.45, 7) is 0. The molecule has 2 rings (SSSR count). The van der Waals surface area contributed by atoms with Crippen LogP contribution >= 0.6 is 0 Å². The van der Waals surface area contributed by atoms with E-state index in [1.54, 1.807) is 30.3 Å². The van der Waals surface area contributed by atoms with Crippen molar-refractivity contribution in [2.75, 3.05) is 7.05 Å². The van der Waals surface area contributed by atoms with E-state index >= 15 is 0 Å². The van der Waals surface area contributed by atoms with E-state index in [0.717, 1.165) is 23.4 Å². The molecule has 0 aliphatic rings. The van der Waals surface area contributed by atoms with Gasteiger partial charge in [-0.3, -0.25) is 14.8 Å². The van der Waals surface area contributed by atoms with Gasteiger partial charge in [0, 0.05) is 18.2 Å². The van der Waals surface area contributed by atoms with E-state index < -0.39 is 34.6 Å². The Morgan fingerprint density at radius 2 is 1.71 bits per heavy atom. The van der Waals surface area contributed by atoms with Gasteiger partial charge in [0.25, 0.3) is 11.8 Å². The van der Waals surface area contributed by atoms with Crippen LogP contribution in [0.3, 0.4) is 0 Å². The number of carbonyl (C=O) groups excluding carboxylic acids is 2. The fourth-order valence-electron chi connectivity index (χ4n) is 1.87. The number of rotatable bonds is 4. The molecule has 0 bridgehead atoms. The van der Waals surface area contributed by atoms with E-state index in [1.807, 2.05) is 0 Å². The van der Waals surface area contributed by atoms with Crippen molar-refractivity contribution >= 4 is 18.0 Å². The van der Waals surface area contributed by atoms with Gasteiger partial charge in [-0.2, -0.15) is 5.10 Å². The predicted molar refractivity (Wildman–Crippen MR) is 81.7 cm³/mol. The van der Waals surface area contributed by atoms with Crippen LogP contribution in [-0.4, -0.2) is 35.3 Å². The molecule has 0 heterocycles. The van der Waals surface area contributed by atoms with E-state index in [-0.39, 0.29) is 0 Å². The molecule has 124 valence electrons. The normalized spacial score (nSPS) is 10.7. The van der Waals surface area contributed by atoms with Gasteiger partial charge in [0.05, 0.1) is 11.8 Å². The number of carbonyl (C=O) groups is 2. The van der Waals surface area contributed by atoms with Crippen molar-refractivity contribution in [3.05, 3.63) is 70.8 Å². The zero-order valence-corrected chi connectivity index (χ0v) is 12.5. The third kappa shape index (κ3) is 3.79. The Balaban J connectivity index is 2.22. The number of hydrazone groups is 1. The molecule has 2 aromatic rings. The van der Waals surface area contributed by atoms with Crippen LogP contribution in [0.2, 0.25) is 0 Å². The lowest BCUT2D eigenvalue weighted by Gasteiger charge is -2.11. The van der Waals surface area contributed by atoms with Crippen LogP contribution in [0.1, 0.15) is 26.3 Å². The van der Waals surface area contributed by atoms with Crippen molar-refractivity contribution < 1.29 is 23.6 Å². The molecule has 0 saturated heterocycles. The number of hydrogen-bond acceptors (Lipinski definition) is 4. The second-order valence-electron chi connectivity index (χ2n) is 4.73. The highest BCUT2D eigenvalue weighted by Crippen LogP contribution is 2.14. The van der Waals surface area contributed by atoms with Gasteiger partial charge in [-0.1, -0.05) is 18.2 Å². The number of nitrogens with zero attached hydrogens (tertiary/aromatic N) is 2. The molecule has 0 fully saturated rings. The highest BCUT2D eigenvalue weighted by Gasteiger charge is 2.15. The largest absolute Gasteiger partial charge is 0.288 e. The summed E-state index contributed by atoms with van der Waals surface area (Å²) in [6.07, 6.45) is 0.839. The summed E-state index contributed by atoms with van der Waals surface area (Å²) in [5.41, 5.74) is 0.741. The Labute approximate surface area is 136 Å². The first-order chi connectivity index (χ1) is 11.4. The number of hydroxylamine groups is 1. The van der Waals surface area contributed by atoms with Gasteiger partial charge in [0.15, 0.2) is 0 Å². The minimum Gasteiger partial charge on any atom is -0.288 e. The fourth-order valence-corrected chi connectivity index (χ4v) is 1.87. The number of amides is 2. The van der Waals surface area contributed by atoms with E-state index in [2.05, 4.69) is 5.10 Å². The van der Waals surface area contributed by atoms with E-state index in [1.165, 1.54) is 12.5 Å². The van der Waals surface area contributed by atoms with E-state index in [9.17, 15) is 18.4 Å². The van der Waals surface area contributed by atoms with Crippen LogP contribution in [0, 0.1) is 11.6 Å². The second kappa shape index (κ2) is 7.42. The van der Waals surface area contributed by atoms with Crippen molar-refractivity contribution in [1.29, 1.82) is 0 Å². The van der Waals surface area contributed by atoms with Gasteiger partial charge in [-0.15, -0.1) is 0 Å². The van der Waals surface area contributed by atoms with E-state index in [0.29, 0.717) is 5.56 Å². The summed E-state index contributed by atoms with van der Waals surface area (Å²) in [4.78, 5) is 23.2. The van der Waals surface area contributed by atoms with Gasteiger partial charge >= 0.3 is 0 Å². The van der Waals surface area contributed by atoms with E-state index in [4.69, 9.17) is 5.21 Å². The minimum absolute atomic E-state index is 0.369. The van der Waals surface area contributed by atoms with Gasteiger partial charge in [0.1, 0.15) is 11.6 Å². The Kier molecular flexibility index (Phi) is 5.33. The Morgan fingerprint density at radius 1 is 1.12 bits per heavy atom. The van der Waals surface area contributed by atoms with Crippen LogP contribution < -0.4 is 5.48 Å². The first kappa shape index (κ1) is 17.2. The van der Waals surface area contributed by atoms with Gasteiger partial charge < -0.3 is 0 Å². The zero-order valence-electron chi connectivity index (χ0n) is 12.5. The minimum atomic E-state index is -1.06. The molecular weight excluding hydrogens is 320 g/mol. The molecule has 2 N–H and O–H groups in total. The Bertz CT molecular complexity index is 771. The summed E-state index contributed by atoms with van der Waals surface area (Å²) in [5, 5.41) is 13.1. The van der Waals surface area contributed by atoms with Crippen LogP contribution in [0.15, 0.2) is 47.6 Å². The first-order valence-corrected chi connectivity index (χ1v) is 6.74. The molecule has 0 spiro atoms. The topological polar surface area (TPSA) is 82.0 Å². The number of hydrogen-bond donors (Lipinski definition) is 2. The Hall–Kier alpha value is -3.13. The quantitative estimate of drug-likeness (QED) is 0.511. The van der Waals surface area contributed by atoms with Gasteiger partial charge in [0.2, 0.25) is 0 Å². The molecule has 0 aromatic heterocycles. The summed E-state index contributed by atoms with van der Waals surface area (Å²) in [5.74, 6) is -3.62. The molecule has 0 unspecified atom stereocenters. The third-order valence-electron chi connectivity index (χ3n) is 3.12. The SMILES string of the molecule is CN(/N=C/c1c(F)cc(C(=O)NO)cc1F)C(=O)c1ccccc1. The van der Waals surface area contributed by atoms with Crippen molar-refractivity contribution in [2.45, 2.75) is 0 Å². The summed E-state index contributed by atoms with van der Waals surface area (Å²) < 4.78 is 27.8. The molecular formula is C16H13F2N3O3. The smallest absolute Gasteiger partial charge is 0.274 e. The maximum atomic E-state index is 13.9. The molecule has 0 aliphatic heterocycles. The average Bonchev–Trinajstić information content (AvgIpc) is 2.59. The molecule has 0 atom stereocenters. The lowest BCUT2D eigenvalue weighted by atomic mass is 10.1. The number of benzene rings is 2. The summed E-state index contributed by atoms with van der Waals surface area (Å²) in [7, 11) is 1.34. The standard InChI is InChI=1S/C16H13F2N3O3/c1-21(16(23)10-5-3-2-4-6-10)19-9-12-13(17)7-11(8-14(12)18)15(22)20-24/h2-9,24H,1H3,(H,20,22)/b19-9+. The molecule has 24 heavy (non-hydrogen) atoms. The van der Waals surface area contributed by atoms with Crippen LogP contribution in [0.25, 0.3) is 0 Å². The number of nitrogens with one attached hydrogen (secondary N) is 1. The van der Waals surface area contributed by atoms with Gasteiger partial charge in [-0.25, -0.2) is 19.3 Å².